The highest BCUT2D eigenvalue weighted by Crippen LogP contribution is 2.41. The van der Waals surface area contributed by atoms with Gasteiger partial charge in [0.15, 0.2) is 0 Å². The molecule has 2 aromatic rings. The minimum atomic E-state index is -1.53. The molecule has 0 saturated carbocycles. The van der Waals surface area contributed by atoms with Gasteiger partial charge in [0, 0.05) is 25.6 Å². The zero-order valence-electron chi connectivity index (χ0n) is 17.5. The Morgan fingerprint density at radius 1 is 1.28 bits per heavy atom. The second-order valence-electron chi connectivity index (χ2n) is 8.04. The van der Waals surface area contributed by atoms with E-state index >= 15 is 0 Å². The van der Waals surface area contributed by atoms with E-state index in [4.69, 9.17) is 4.74 Å². The number of fused-ring (bicyclic) bond motifs is 3. The molecule has 0 aliphatic carbocycles. The molecule has 2 amide bonds. The number of halogens is 3. The zero-order chi connectivity index (χ0) is 22.8. The van der Waals surface area contributed by atoms with Crippen molar-refractivity contribution < 1.29 is 27.5 Å². The third-order valence-corrected chi connectivity index (χ3v) is 5.75. The number of nitrogens with one attached hydrogen (secondary N) is 2. The molecule has 9 heteroatoms. The minimum Gasteiger partial charge on any atom is -0.442 e. The first-order valence-corrected chi connectivity index (χ1v) is 10.4. The Kier molecular flexibility index (Phi) is 6.36. The van der Waals surface area contributed by atoms with E-state index in [-0.39, 0.29) is 25.0 Å². The van der Waals surface area contributed by atoms with E-state index in [2.05, 4.69) is 10.6 Å². The van der Waals surface area contributed by atoms with Crippen molar-refractivity contribution in [2.75, 3.05) is 24.7 Å². The van der Waals surface area contributed by atoms with Gasteiger partial charge in [-0.2, -0.15) is 0 Å². The van der Waals surface area contributed by atoms with Crippen LogP contribution in [0.2, 0.25) is 0 Å². The number of anilines is 1. The van der Waals surface area contributed by atoms with Gasteiger partial charge in [0.05, 0.1) is 18.3 Å². The van der Waals surface area contributed by atoms with Gasteiger partial charge < -0.3 is 15.4 Å². The van der Waals surface area contributed by atoms with E-state index in [0.29, 0.717) is 29.8 Å². The van der Waals surface area contributed by atoms with Crippen molar-refractivity contribution >= 4 is 17.7 Å². The number of hydrogen-bond donors (Lipinski definition) is 2. The highest BCUT2D eigenvalue weighted by Gasteiger charge is 2.47. The molecule has 0 spiro atoms. The molecule has 2 aliphatic rings. The van der Waals surface area contributed by atoms with Gasteiger partial charge in [0.1, 0.15) is 24.8 Å². The molecule has 3 atom stereocenters. The Morgan fingerprint density at radius 2 is 2.03 bits per heavy atom. The average molecular weight is 447 g/mol. The summed E-state index contributed by atoms with van der Waals surface area (Å²) >= 11 is 0. The molecular weight excluding hydrogens is 423 g/mol. The predicted molar refractivity (Wildman–Crippen MR) is 113 cm³/mol. The maximum atomic E-state index is 15.0. The summed E-state index contributed by atoms with van der Waals surface area (Å²) in [7, 11) is 0. The predicted octanol–water partition coefficient (Wildman–Crippen LogP) is 3.28. The molecule has 1 fully saturated rings. The van der Waals surface area contributed by atoms with E-state index in [1.54, 1.807) is 30.3 Å². The second-order valence-corrected chi connectivity index (χ2v) is 8.04. The quantitative estimate of drug-likeness (QED) is 0.652. The number of nitrogens with zero attached hydrogens (tertiary/aromatic N) is 1. The monoisotopic (exact) mass is 447 g/mol. The molecule has 2 heterocycles. The SMILES string of the molecule is CC(=O)NCC1OC(=O)N2c3cc(F)c(-c4ccc(CNCC(F)CF)cc4)cc3C[C@@H]12. The number of carbonyl (C=O) groups is 2. The van der Waals surface area contributed by atoms with Crippen molar-refractivity contribution in [2.45, 2.75) is 38.2 Å². The summed E-state index contributed by atoms with van der Waals surface area (Å²) in [6.45, 7) is 0.883. The van der Waals surface area contributed by atoms with Crippen LogP contribution < -0.4 is 15.5 Å². The standard InChI is InChI=1S/C23H24F3N3O3/c1-13(30)28-12-22-21-7-16-6-18(19(26)8-20(16)29(21)23(31)32-22)15-4-2-14(3-5-15)10-27-11-17(25)9-24/h2-6,8,17,21-22,27H,7,9-12H2,1H3,(H,28,30)/t17?,21-,22?/m0/s1. The number of cyclic esters (lactones) is 1. The first-order chi connectivity index (χ1) is 15.4. The topological polar surface area (TPSA) is 70.7 Å². The molecule has 0 aromatic heterocycles. The van der Waals surface area contributed by atoms with Crippen molar-refractivity contribution in [3.63, 3.8) is 0 Å². The summed E-state index contributed by atoms with van der Waals surface area (Å²) in [4.78, 5) is 25.0. The molecule has 0 bridgehead atoms. The fraction of sp³-hybridized carbons (Fsp3) is 0.391. The molecule has 32 heavy (non-hydrogen) atoms. The third kappa shape index (κ3) is 4.43. The van der Waals surface area contributed by atoms with Gasteiger partial charge in [-0.25, -0.2) is 18.0 Å². The third-order valence-electron chi connectivity index (χ3n) is 5.75. The molecule has 2 N–H and O–H groups in total. The summed E-state index contributed by atoms with van der Waals surface area (Å²) in [5.41, 5.74) is 3.27. The van der Waals surface area contributed by atoms with Crippen LogP contribution in [0.4, 0.5) is 23.7 Å². The van der Waals surface area contributed by atoms with Crippen LogP contribution >= 0.6 is 0 Å². The van der Waals surface area contributed by atoms with Gasteiger partial charge >= 0.3 is 6.09 Å². The Hall–Kier alpha value is -3.07. The van der Waals surface area contributed by atoms with Gasteiger partial charge in [0.2, 0.25) is 5.91 Å². The highest BCUT2D eigenvalue weighted by atomic mass is 19.2. The van der Waals surface area contributed by atoms with Gasteiger partial charge in [-0.15, -0.1) is 0 Å². The Morgan fingerprint density at radius 3 is 2.72 bits per heavy atom. The molecule has 2 aliphatic heterocycles. The van der Waals surface area contributed by atoms with Crippen LogP contribution in [0.1, 0.15) is 18.1 Å². The Labute approximate surface area is 183 Å². The lowest BCUT2D eigenvalue weighted by atomic mass is 9.98. The van der Waals surface area contributed by atoms with Crippen LogP contribution in [0.25, 0.3) is 11.1 Å². The normalized spacial score (nSPS) is 20.0. The highest BCUT2D eigenvalue weighted by molar-refractivity contribution is 5.94. The smallest absolute Gasteiger partial charge is 0.415 e. The molecule has 0 radical (unpaired) electrons. The van der Waals surface area contributed by atoms with Gasteiger partial charge in [-0.1, -0.05) is 24.3 Å². The van der Waals surface area contributed by atoms with Crippen LogP contribution in [-0.4, -0.2) is 50.1 Å². The average Bonchev–Trinajstić information content (AvgIpc) is 3.29. The lowest BCUT2D eigenvalue weighted by Gasteiger charge is -2.16. The lowest BCUT2D eigenvalue weighted by Crippen LogP contribution is -2.40. The van der Waals surface area contributed by atoms with E-state index in [0.717, 1.165) is 11.1 Å². The zero-order valence-corrected chi connectivity index (χ0v) is 17.5. The number of ether oxygens (including phenoxy) is 1. The van der Waals surface area contributed by atoms with E-state index in [1.807, 2.05) is 0 Å². The first kappa shape index (κ1) is 22.1. The molecule has 170 valence electrons. The van der Waals surface area contributed by atoms with Gasteiger partial charge in [0.25, 0.3) is 0 Å². The molecule has 4 rings (SSSR count). The van der Waals surface area contributed by atoms with Crippen molar-refractivity contribution in [3.05, 3.63) is 53.3 Å². The Bertz CT molecular complexity index is 1020. The Balaban J connectivity index is 1.49. The molecule has 2 unspecified atom stereocenters. The summed E-state index contributed by atoms with van der Waals surface area (Å²) in [6, 6.07) is 9.94. The number of rotatable bonds is 8. The van der Waals surface area contributed by atoms with Crippen LogP contribution in [0.5, 0.6) is 0 Å². The maximum Gasteiger partial charge on any atom is 0.415 e. The minimum absolute atomic E-state index is 0.0687. The second kappa shape index (κ2) is 9.20. The number of benzene rings is 2. The molecule has 6 nitrogen and oxygen atoms in total. The number of alkyl halides is 2. The largest absolute Gasteiger partial charge is 0.442 e. The van der Waals surface area contributed by atoms with E-state index in [1.165, 1.54) is 17.9 Å². The van der Waals surface area contributed by atoms with E-state index < -0.39 is 30.9 Å². The summed E-state index contributed by atoms with van der Waals surface area (Å²) in [5.74, 6) is -0.675. The van der Waals surface area contributed by atoms with Crippen molar-refractivity contribution in [1.82, 2.24) is 10.6 Å². The van der Waals surface area contributed by atoms with Crippen LogP contribution in [0.3, 0.4) is 0 Å². The maximum absolute atomic E-state index is 15.0. The fourth-order valence-electron chi connectivity index (χ4n) is 4.16. The van der Waals surface area contributed by atoms with E-state index in [9.17, 15) is 22.8 Å². The van der Waals surface area contributed by atoms with Crippen LogP contribution in [-0.2, 0) is 22.5 Å². The number of hydrogen-bond acceptors (Lipinski definition) is 4. The number of carbonyl (C=O) groups excluding carboxylic acids is 2. The van der Waals surface area contributed by atoms with Gasteiger partial charge in [-0.05, 0) is 35.2 Å². The van der Waals surface area contributed by atoms with Crippen molar-refractivity contribution in [2.24, 2.45) is 0 Å². The summed E-state index contributed by atoms with van der Waals surface area (Å²) in [5, 5.41) is 5.50. The summed E-state index contributed by atoms with van der Waals surface area (Å²) in [6.07, 6.45) is -2.07. The van der Waals surface area contributed by atoms with Gasteiger partial charge in [-0.3, -0.25) is 9.69 Å². The molecule has 1 saturated heterocycles. The molecule has 2 aromatic carbocycles. The van der Waals surface area contributed by atoms with Crippen LogP contribution in [0, 0.1) is 5.82 Å². The van der Waals surface area contributed by atoms with Crippen molar-refractivity contribution in [3.8, 4) is 11.1 Å². The van der Waals surface area contributed by atoms with Crippen molar-refractivity contribution in [1.29, 1.82) is 0 Å². The lowest BCUT2D eigenvalue weighted by molar-refractivity contribution is -0.119. The summed E-state index contributed by atoms with van der Waals surface area (Å²) < 4.78 is 45.5. The van der Waals surface area contributed by atoms with Crippen LogP contribution in [0.15, 0.2) is 36.4 Å². The first-order valence-electron chi connectivity index (χ1n) is 10.4. The fourth-order valence-corrected chi connectivity index (χ4v) is 4.16. The number of amides is 2. The molecular formula is C23H24F3N3O3.